The summed E-state index contributed by atoms with van der Waals surface area (Å²) in [6.45, 7) is 0.364. The molecule has 2 aliphatic rings. The highest BCUT2D eigenvalue weighted by Crippen LogP contribution is 2.37. The van der Waals surface area contributed by atoms with Crippen LogP contribution in [0.2, 0.25) is 0 Å². The molecule has 2 fully saturated rings. The standard InChI is InChI=1S/C13H21F3N2O2.ClH/c14-13(15,16)8-2-1-3-9(6-8)18-12(19)11-5-4-10(7-17)20-11;/h8-11H,1-7,17H2,(H,18,19);1H/t8?,9?,10-,11+;/m1./s1. The van der Waals surface area contributed by atoms with Crippen LogP contribution in [0.5, 0.6) is 0 Å². The number of alkyl halides is 3. The van der Waals surface area contributed by atoms with Crippen LogP contribution < -0.4 is 11.1 Å². The molecule has 3 N–H and O–H groups in total. The van der Waals surface area contributed by atoms with Crippen LogP contribution in [0.15, 0.2) is 0 Å². The Labute approximate surface area is 128 Å². The molecule has 21 heavy (non-hydrogen) atoms. The van der Waals surface area contributed by atoms with Crippen molar-refractivity contribution in [1.29, 1.82) is 0 Å². The number of carbonyl (C=O) groups is 1. The Bertz CT molecular complexity index is 355. The number of halogens is 4. The molecule has 0 bridgehead atoms. The van der Waals surface area contributed by atoms with Crippen LogP contribution in [-0.4, -0.2) is 36.9 Å². The molecule has 1 saturated carbocycles. The molecular formula is C13H22ClF3N2O2. The van der Waals surface area contributed by atoms with E-state index >= 15 is 0 Å². The molecule has 1 amide bonds. The predicted molar refractivity (Wildman–Crippen MR) is 74.1 cm³/mol. The third kappa shape index (κ3) is 5.00. The van der Waals surface area contributed by atoms with Crippen molar-refractivity contribution in [2.24, 2.45) is 11.7 Å². The van der Waals surface area contributed by atoms with Gasteiger partial charge < -0.3 is 15.8 Å². The number of carbonyl (C=O) groups excluding carboxylic acids is 1. The normalized spacial score (nSPS) is 33.3. The Balaban J connectivity index is 0.00000220. The number of hydrogen-bond donors (Lipinski definition) is 2. The van der Waals surface area contributed by atoms with Crippen LogP contribution >= 0.6 is 12.4 Å². The molecule has 8 heteroatoms. The minimum atomic E-state index is -4.17. The summed E-state index contributed by atoms with van der Waals surface area (Å²) in [5.41, 5.74) is 5.46. The fourth-order valence-electron chi connectivity index (χ4n) is 2.98. The maximum atomic E-state index is 12.7. The van der Waals surface area contributed by atoms with Crippen LogP contribution in [-0.2, 0) is 9.53 Å². The van der Waals surface area contributed by atoms with Gasteiger partial charge in [-0.1, -0.05) is 6.42 Å². The second kappa shape index (κ2) is 7.65. The monoisotopic (exact) mass is 330 g/mol. The fourth-order valence-corrected chi connectivity index (χ4v) is 2.98. The van der Waals surface area contributed by atoms with Gasteiger partial charge in [0, 0.05) is 12.6 Å². The smallest absolute Gasteiger partial charge is 0.364 e. The number of nitrogens with two attached hydrogens (primary N) is 1. The molecule has 4 nitrogen and oxygen atoms in total. The van der Waals surface area contributed by atoms with Gasteiger partial charge in [-0.2, -0.15) is 13.2 Å². The third-order valence-corrected chi connectivity index (χ3v) is 4.15. The largest absolute Gasteiger partial charge is 0.391 e. The van der Waals surface area contributed by atoms with E-state index < -0.39 is 24.2 Å². The molecule has 1 aliphatic carbocycles. The lowest BCUT2D eigenvalue weighted by Gasteiger charge is -2.31. The van der Waals surface area contributed by atoms with Gasteiger partial charge in [-0.15, -0.1) is 12.4 Å². The lowest BCUT2D eigenvalue weighted by Crippen LogP contribution is -2.45. The highest BCUT2D eigenvalue weighted by Gasteiger charge is 2.43. The number of rotatable bonds is 3. The molecule has 1 aliphatic heterocycles. The first-order valence-electron chi connectivity index (χ1n) is 7.12. The topological polar surface area (TPSA) is 64.4 Å². The Hall–Kier alpha value is -0.530. The van der Waals surface area contributed by atoms with E-state index in [1.165, 1.54) is 0 Å². The van der Waals surface area contributed by atoms with Crippen molar-refractivity contribution >= 4 is 18.3 Å². The molecule has 2 rings (SSSR count). The summed E-state index contributed by atoms with van der Waals surface area (Å²) in [5, 5.41) is 2.70. The molecule has 0 radical (unpaired) electrons. The van der Waals surface area contributed by atoms with Gasteiger partial charge in [0.15, 0.2) is 0 Å². The van der Waals surface area contributed by atoms with Crippen molar-refractivity contribution in [3.63, 3.8) is 0 Å². The average Bonchev–Trinajstić information content (AvgIpc) is 2.87. The molecule has 124 valence electrons. The van der Waals surface area contributed by atoms with E-state index in [0.717, 1.165) is 6.42 Å². The summed E-state index contributed by atoms with van der Waals surface area (Å²) in [6, 6.07) is -0.400. The van der Waals surface area contributed by atoms with Crippen molar-refractivity contribution in [3.05, 3.63) is 0 Å². The maximum absolute atomic E-state index is 12.7. The highest BCUT2D eigenvalue weighted by atomic mass is 35.5. The summed E-state index contributed by atoms with van der Waals surface area (Å²) in [6.07, 6.45) is -2.30. The van der Waals surface area contributed by atoms with Crippen LogP contribution in [0.3, 0.4) is 0 Å². The molecule has 0 aromatic carbocycles. The van der Waals surface area contributed by atoms with Gasteiger partial charge in [-0.05, 0) is 32.1 Å². The summed E-state index contributed by atoms with van der Waals surface area (Å²) in [4.78, 5) is 12.0. The van der Waals surface area contributed by atoms with Gasteiger partial charge in [0.1, 0.15) is 6.10 Å². The first-order valence-corrected chi connectivity index (χ1v) is 7.12. The zero-order valence-corrected chi connectivity index (χ0v) is 12.5. The lowest BCUT2D eigenvalue weighted by atomic mass is 9.85. The van der Waals surface area contributed by atoms with Gasteiger partial charge >= 0.3 is 6.18 Å². The first kappa shape index (κ1) is 18.5. The quantitative estimate of drug-likeness (QED) is 0.833. The summed E-state index contributed by atoms with van der Waals surface area (Å²) in [7, 11) is 0. The molecule has 0 spiro atoms. The SMILES string of the molecule is Cl.NC[C@H]1CC[C@@H](C(=O)NC2CCCC(C(F)(F)F)C2)O1. The Kier molecular flexibility index (Phi) is 6.74. The fraction of sp³-hybridized carbons (Fsp3) is 0.923. The molecule has 2 unspecified atom stereocenters. The van der Waals surface area contributed by atoms with Gasteiger partial charge in [0.2, 0.25) is 5.91 Å². The van der Waals surface area contributed by atoms with E-state index in [1.54, 1.807) is 0 Å². The minimum absolute atomic E-state index is 0. The van der Waals surface area contributed by atoms with Gasteiger partial charge in [0.25, 0.3) is 0 Å². The van der Waals surface area contributed by atoms with Gasteiger partial charge in [-0.25, -0.2) is 0 Å². The van der Waals surface area contributed by atoms with Crippen molar-refractivity contribution in [2.75, 3.05) is 6.54 Å². The van der Waals surface area contributed by atoms with E-state index in [9.17, 15) is 18.0 Å². The molecule has 4 atom stereocenters. The third-order valence-electron chi connectivity index (χ3n) is 4.15. The van der Waals surface area contributed by atoms with E-state index in [2.05, 4.69) is 5.32 Å². The Morgan fingerprint density at radius 3 is 2.52 bits per heavy atom. The maximum Gasteiger partial charge on any atom is 0.391 e. The van der Waals surface area contributed by atoms with E-state index in [4.69, 9.17) is 10.5 Å². The first-order chi connectivity index (χ1) is 9.40. The van der Waals surface area contributed by atoms with Gasteiger partial charge in [-0.3, -0.25) is 4.79 Å². The van der Waals surface area contributed by atoms with Crippen molar-refractivity contribution in [3.8, 4) is 0 Å². The molecule has 1 heterocycles. The van der Waals surface area contributed by atoms with Crippen LogP contribution in [0.1, 0.15) is 38.5 Å². The predicted octanol–water partition coefficient (Wildman–Crippen LogP) is 2.15. The molecule has 0 aromatic rings. The van der Waals surface area contributed by atoms with Crippen molar-refractivity contribution in [2.45, 2.75) is 63.0 Å². The average molecular weight is 331 g/mol. The number of nitrogens with one attached hydrogen (secondary N) is 1. The highest BCUT2D eigenvalue weighted by molar-refractivity contribution is 5.85. The van der Waals surface area contributed by atoms with E-state index in [0.29, 0.717) is 25.8 Å². The zero-order chi connectivity index (χ0) is 14.8. The summed E-state index contributed by atoms with van der Waals surface area (Å²) < 4.78 is 43.5. The van der Waals surface area contributed by atoms with Crippen molar-refractivity contribution < 1.29 is 22.7 Å². The van der Waals surface area contributed by atoms with Crippen molar-refractivity contribution in [1.82, 2.24) is 5.32 Å². The van der Waals surface area contributed by atoms with Crippen LogP contribution in [0.4, 0.5) is 13.2 Å². The molecule has 1 saturated heterocycles. The summed E-state index contributed by atoms with van der Waals surface area (Å²) >= 11 is 0. The Morgan fingerprint density at radius 1 is 1.24 bits per heavy atom. The van der Waals surface area contributed by atoms with Crippen LogP contribution in [0.25, 0.3) is 0 Å². The second-order valence-corrected chi connectivity index (χ2v) is 5.67. The number of amides is 1. The van der Waals surface area contributed by atoms with E-state index in [-0.39, 0.29) is 37.3 Å². The number of hydrogen-bond acceptors (Lipinski definition) is 3. The molecule has 0 aromatic heterocycles. The second-order valence-electron chi connectivity index (χ2n) is 5.67. The summed E-state index contributed by atoms with van der Waals surface area (Å²) in [5.74, 6) is -1.60. The minimum Gasteiger partial charge on any atom is -0.364 e. The molecular weight excluding hydrogens is 309 g/mol. The Morgan fingerprint density at radius 2 is 1.95 bits per heavy atom. The lowest BCUT2D eigenvalue weighted by molar-refractivity contribution is -0.184. The number of ether oxygens (including phenoxy) is 1. The zero-order valence-electron chi connectivity index (χ0n) is 11.7. The van der Waals surface area contributed by atoms with Crippen LogP contribution in [0, 0.1) is 5.92 Å². The van der Waals surface area contributed by atoms with E-state index in [1.807, 2.05) is 0 Å². The van der Waals surface area contributed by atoms with Gasteiger partial charge in [0.05, 0.1) is 12.0 Å².